The Labute approximate surface area is 102 Å². The van der Waals surface area contributed by atoms with Crippen LogP contribution in [0.5, 0.6) is 0 Å². The monoisotopic (exact) mass is 235 g/mol. The van der Waals surface area contributed by atoms with Gasteiger partial charge in [-0.05, 0) is 31.8 Å². The van der Waals surface area contributed by atoms with E-state index in [-0.39, 0.29) is 0 Å². The van der Waals surface area contributed by atoms with Crippen molar-refractivity contribution in [2.45, 2.75) is 25.3 Å². The summed E-state index contributed by atoms with van der Waals surface area (Å²) in [7, 11) is 1.91. The molecule has 5 nitrogen and oxygen atoms in total. The molecule has 0 radical (unpaired) electrons. The Morgan fingerprint density at radius 1 is 1.41 bits per heavy atom. The minimum absolute atomic E-state index is 0.696. The Morgan fingerprint density at radius 2 is 2.24 bits per heavy atom. The van der Waals surface area contributed by atoms with Crippen LogP contribution < -0.4 is 5.32 Å². The zero-order valence-electron chi connectivity index (χ0n) is 10.5. The van der Waals surface area contributed by atoms with Gasteiger partial charge in [-0.15, -0.1) is 0 Å². The van der Waals surface area contributed by atoms with Gasteiger partial charge in [0.1, 0.15) is 6.33 Å². The van der Waals surface area contributed by atoms with Gasteiger partial charge in [0.15, 0.2) is 5.82 Å². The molecule has 0 aromatic carbocycles. The van der Waals surface area contributed by atoms with E-state index in [1.54, 1.807) is 11.0 Å². The molecule has 1 unspecified atom stereocenters. The summed E-state index contributed by atoms with van der Waals surface area (Å²) in [4.78, 5) is 6.83. The van der Waals surface area contributed by atoms with Crippen LogP contribution in [-0.2, 0) is 13.5 Å². The zero-order chi connectivity index (χ0) is 11.7. The van der Waals surface area contributed by atoms with Crippen molar-refractivity contribution in [3.63, 3.8) is 0 Å². The number of aromatic nitrogens is 3. The lowest BCUT2D eigenvalue weighted by atomic mass is 9.84. The van der Waals surface area contributed by atoms with Crippen LogP contribution in [0.1, 0.15) is 18.7 Å². The Balaban J connectivity index is 1.45. The molecule has 94 valence electrons. The van der Waals surface area contributed by atoms with E-state index in [9.17, 15) is 0 Å². The van der Waals surface area contributed by atoms with E-state index in [0.717, 1.165) is 24.7 Å². The Hall–Kier alpha value is -0.940. The van der Waals surface area contributed by atoms with E-state index in [1.165, 1.54) is 32.5 Å². The highest BCUT2D eigenvalue weighted by Gasteiger charge is 2.33. The molecule has 0 aliphatic carbocycles. The smallest absolute Gasteiger partial charge is 0.151 e. The quantitative estimate of drug-likeness (QED) is 0.800. The number of hydrogen-bond acceptors (Lipinski definition) is 4. The first-order valence-electron chi connectivity index (χ1n) is 6.61. The van der Waals surface area contributed by atoms with Gasteiger partial charge in [0.25, 0.3) is 0 Å². The molecule has 1 atom stereocenters. The molecule has 1 aromatic heterocycles. The predicted octanol–water partition coefficient (Wildman–Crippen LogP) is 0.0414. The molecular formula is C12H21N5. The van der Waals surface area contributed by atoms with Crippen LogP contribution in [0.4, 0.5) is 0 Å². The van der Waals surface area contributed by atoms with Crippen molar-refractivity contribution in [1.82, 2.24) is 25.0 Å². The summed E-state index contributed by atoms with van der Waals surface area (Å²) in [6, 6.07) is 0.696. The van der Waals surface area contributed by atoms with Gasteiger partial charge >= 0.3 is 0 Å². The van der Waals surface area contributed by atoms with Crippen molar-refractivity contribution >= 4 is 0 Å². The van der Waals surface area contributed by atoms with Crippen LogP contribution in [0.25, 0.3) is 0 Å². The lowest BCUT2D eigenvalue weighted by molar-refractivity contribution is 0.0730. The first-order valence-corrected chi connectivity index (χ1v) is 6.61. The van der Waals surface area contributed by atoms with Crippen molar-refractivity contribution in [2.75, 3.05) is 26.2 Å². The third-order valence-corrected chi connectivity index (χ3v) is 4.06. The Kier molecular flexibility index (Phi) is 3.11. The lowest BCUT2D eigenvalue weighted by Gasteiger charge is -2.45. The second-order valence-corrected chi connectivity index (χ2v) is 5.28. The predicted molar refractivity (Wildman–Crippen MR) is 65.7 cm³/mol. The SMILES string of the molecule is Cn1cnc(CCNC2CN3CCC2CC3)n1. The highest BCUT2D eigenvalue weighted by atomic mass is 15.3. The summed E-state index contributed by atoms with van der Waals surface area (Å²) in [6.45, 7) is 4.86. The number of nitrogens with one attached hydrogen (secondary N) is 1. The van der Waals surface area contributed by atoms with Crippen LogP contribution in [-0.4, -0.2) is 51.9 Å². The number of piperidine rings is 3. The summed E-state index contributed by atoms with van der Waals surface area (Å²) in [5.74, 6) is 1.85. The van der Waals surface area contributed by atoms with Crippen LogP contribution in [0.15, 0.2) is 6.33 Å². The third-order valence-electron chi connectivity index (χ3n) is 4.06. The van der Waals surface area contributed by atoms with Gasteiger partial charge < -0.3 is 10.2 Å². The molecule has 3 fully saturated rings. The average molecular weight is 235 g/mol. The van der Waals surface area contributed by atoms with Gasteiger partial charge in [0.05, 0.1) is 0 Å². The van der Waals surface area contributed by atoms with Crippen molar-refractivity contribution in [3.8, 4) is 0 Å². The molecule has 1 N–H and O–H groups in total. The maximum Gasteiger partial charge on any atom is 0.151 e. The van der Waals surface area contributed by atoms with E-state index in [1.807, 2.05) is 7.05 Å². The number of fused-ring (bicyclic) bond motifs is 3. The molecule has 0 spiro atoms. The summed E-state index contributed by atoms with van der Waals surface area (Å²) >= 11 is 0. The van der Waals surface area contributed by atoms with Crippen molar-refractivity contribution in [3.05, 3.63) is 12.2 Å². The van der Waals surface area contributed by atoms with E-state index in [0.29, 0.717) is 6.04 Å². The van der Waals surface area contributed by atoms with Crippen LogP contribution in [0.2, 0.25) is 0 Å². The van der Waals surface area contributed by atoms with Crippen molar-refractivity contribution < 1.29 is 0 Å². The highest BCUT2D eigenvalue weighted by molar-refractivity contribution is 4.92. The Bertz CT molecular complexity index is 367. The lowest BCUT2D eigenvalue weighted by Crippen LogP contribution is -2.56. The maximum absolute atomic E-state index is 4.30. The van der Waals surface area contributed by atoms with Crippen LogP contribution >= 0.6 is 0 Å². The van der Waals surface area contributed by atoms with E-state index >= 15 is 0 Å². The normalized spacial score (nSPS) is 31.9. The van der Waals surface area contributed by atoms with Gasteiger partial charge in [0.2, 0.25) is 0 Å². The zero-order valence-corrected chi connectivity index (χ0v) is 10.5. The fourth-order valence-electron chi connectivity index (χ4n) is 3.06. The fraction of sp³-hybridized carbons (Fsp3) is 0.833. The molecular weight excluding hydrogens is 214 g/mol. The average Bonchev–Trinajstić information content (AvgIpc) is 2.77. The minimum Gasteiger partial charge on any atom is -0.312 e. The number of rotatable bonds is 4. The number of nitrogens with zero attached hydrogens (tertiary/aromatic N) is 4. The first kappa shape index (κ1) is 11.2. The van der Waals surface area contributed by atoms with Crippen molar-refractivity contribution in [2.24, 2.45) is 13.0 Å². The molecule has 1 aromatic rings. The molecule has 17 heavy (non-hydrogen) atoms. The molecule has 2 bridgehead atoms. The summed E-state index contributed by atoms with van der Waals surface area (Å²) in [6.07, 6.45) is 5.45. The van der Waals surface area contributed by atoms with Crippen LogP contribution in [0.3, 0.4) is 0 Å². The van der Waals surface area contributed by atoms with Gasteiger partial charge in [-0.25, -0.2) is 4.98 Å². The molecule has 3 aliphatic heterocycles. The van der Waals surface area contributed by atoms with E-state index < -0.39 is 0 Å². The second-order valence-electron chi connectivity index (χ2n) is 5.28. The fourth-order valence-corrected chi connectivity index (χ4v) is 3.06. The second kappa shape index (κ2) is 4.74. The standard InChI is InChI=1S/C12H21N5/c1-16-9-14-12(15-16)2-5-13-11-8-17-6-3-10(11)4-7-17/h9-11,13H,2-8H2,1H3. The van der Waals surface area contributed by atoms with Crippen molar-refractivity contribution in [1.29, 1.82) is 0 Å². The van der Waals surface area contributed by atoms with Gasteiger partial charge in [-0.3, -0.25) is 4.68 Å². The molecule has 4 rings (SSSR count). The molecule has 4 heterocycles. The largest absolute Gasteiger partial charge is 0.312 e. The van der Waals surface area contributed by atoms with E-state index in [2.05, 4.69) is 20.3 Å². The topological polar surface area (TPSA) is 46.0 Å². The molecule has 5 heteroatoms. The summed E-state index contributed by atoms with van der Waals surface area (Å²) in [5.41, 5.74) is 0. The van der Waals surface area contributed by atoms with Gasteiger partial charge in [0, 0.05) is 32.6 Å². The molecule has 3 saturated heterocycles. The summed E-state index contributed by atoms with van der Waals surface area (Å²) in [5, 5.41) is 7.98. The van der Waals surface area contributed by atoms with E-state index in [4.69, 9.17) is 0 Å². The maximum atomic E-state index is 4.30. The molecule has 0 amide bonds. The highest BCUT2D eigenvalue weighted by Crippen LogP contribution is 2.27. The third kappa shape index (κ3) is 2.50. The molecule has 0 saturated carbocycles. The first-order chi connectivity index (χ1) is 8.31. The van der Waals surface area contributed by atoms with Crippen LogP contribution in [0, 0.1) is 5.92 Å². The number of aryl methyl sites for hydroxylation is 1. The van der Waals surface area contributed by atoms with Gasteiger partial charge in [-0.2, -0.15) is 5.10 Å². The Morgan fingerprint density at radius 3 is 2.82 bits per heavy atom. The number of hydrogen-bond donors (Lipinski definition) is 1. The molecule has 3 aliphatic rings. The van der Waals surface area contributed by atoms with Gasteiger partial charge in [-0.1, -0.05) is 0 Å². The minimum atomic E-state index is 0.696. The summed E-state index contributed by atoms with van der Waals surface area (Å²) < 4.78 is 1.77.